The minimum absolute atomic E-state index is 0.138. The van der Waals surface area contributed by atoms with Crippen LogP contribution in [0, 0.1) is 0 Å². The molecule has 0 saturated heterocycles. The van der Waals surface area contributed by atoms with Gasteiger partial charge in [-0.1, -0.05) is 24.3 Å². The molecule has 0 aromatic heterocycles. The van der Waals surface area contributed by atoms with Gasteiger partial charge >= 0.3 is 5.97 Å². The molecule has 1 atom stereocenters. The number of Topliss-reactive ketones (excluding diaryl/α,β-unsaturated/α-hetero) is 1. The van der Waals surface area contributed by atoms with Crippen LogP contribution in [0.1, 0.15) is 39.4 Å². The van der Waals surface area contributed by atoms with E-state index < -0.39 is 0 Å². The van der Waals surface area contributed by atoms with E-state index in [1.54, 1.807) is 18.2 Å². The highest BCUT2D eigenvalue weighted by Crippen LogP contribution is 2.50. The van der Waals surface area contributed by atoms with Gasteiger partial charge in [0, 0.05) is 17.0 Å². The van der Waals surface area contributed by atoms with E-state index in [0.717, 1.165) is 22.4 Å². The molecule has 4 aliphatic rings. The first-order valence-corrected chi connectivity index (χ1v) is 11.8. The number of para-hydroxylation sites is 1. The lowest BCUT2D eigenvalue weighted by molar-refractivity contribution is -0.135. The molecule has 178 valence electrons. The number of esters is 1. The molecule has 0 fully saturated rings. The van der Waals surface area contributed by atoms with Gasteiger partial charge in [0.25, 0.3) is 0 Å². The van der Waals surface area contributed by atoms with E-state index in [9.17, 15) is 9.59 Å². The number of rotatable bonds is 2. The van der Waals surface area contributed by atoms with Crippen LogP contribution in [-0.2, 0) is 4.79 Å². The molecular formula is C29H20O7. The van der Waals surface area contributed by atoms with Crippen LogP contribution < -0.4 is 23.7 Å². The minimum atomic E-state index is -0.330. The second-order valence-electron chi connectivity index (χ2n) is 8.97. The van der Waals surface area contributed by atoms with Gasteiger partial charge in [0.15, 0.2) is 17.3 Å². The Morgan fingerprint density at radius 3 is 2.56 bits per heavy atom. The summed E-state index contributed by atoms with van der Waals surface area (Å²) < 4.78 is 28.9. The molecule has 0 saturated carbocycles. The van der Waals surface area contributed by atoms with Crippen molar-refractivity contribution in [1.29, 1.82) is 0 Å². The van der Waals surface area contributed by atoms with Crippen LogP contribution in [0.15, 0.2) is 65.9 Å². The monoisotopic (exact) mass is 480 g/mol. The second-order valence-corrected chi connectivity index (χ2v) is 8.97. The Balaban J connectivity index is 1.28. The van der Waals surface area contributed by atoms with Crippen molar-refractivity contribution in [3.8, 4) is 28.7 Å². The van der Waals surface area contributed by atoms with E-state index in [0.29, 0.717) is 53.9 Å². The standard InChI is InChI=1S/C29H20O7/c30-26-14-20(18-13-17-3-1-2-4-21(17)34-15-18)27-23(35-26)8-6-19-28(31)25(36-29(19)27)12-16-5-7-22-24(11-16)33-10-9-32-22/h1-8,11-13,20H,9-10,14-15H2/b25-12-. The largest absolute Gasteiger partial charge is 0.489 e. The maximum absolute atomic E-state index is 13.3. The molecule has 4 aliphatic heterocycles. The lowest BCUT2D eigenvalue weighted by Gasteiger charge is -2.30. The third kappa shape index (κ3) is 3.35. The number of ketones is 1. The number of hydrogen-bond acceptors (Lipinski definition) is 7. The Morgan fingerprint density at radius 2 is 1.64 bits per heavy atom. The van der Waals surface area contributed by atoms with Gasteiger partial charge in [0.05, 0.1) is 12.0 Å². The topological polar surface area (TPSA) is 80.3 Å². The van der Waals surface area contributed by atoms with Gasteiger partial charge in [0.1, 0.15) is 37.1 Å². The highest BCUT2D eigenvalue weighted by molar-refractivity contribution is 6.15. The molecule has 0 radical (unpaired) electrons. The van der Waals surface area contributed by atoms with Crippen LogP contribution in [0.3, 0.4) is 0 Å². The Labute approximate surface area is 206 Å². The average molecular weight is 480 g/mol. The summed E-state index contributed by atoms with van der Waals surface area (Å²) in [5, 5.41) is 0. The molecule has 7 heteroatoms. The average Bonchev–Trinajstić information content (AvgIpc) is 3.22. The van der Waals surface area contributed by atoms with Crippen LogP contribution in [0.25, 0.3) is 12.2 Å². The molecule has 0 N–H and O–H groups in total. The van der Waals surface area contributed by atoms with Crippen molar-refractivity contribution in [2.24, 2.45) is 0 Å². The minimum Gasteiger partial charge on any atom is -0.489 e. The van der Waals surface area contributed by atoms with Crippen molar-refractivity contribution in [2.75, 3.05) is 19.8 Å². The first-order valence-electron chi connectivity index (χ1n) is 11.8. The van der Waals surface area contributed by atoms with E-state index in [2.05, 4.69) is 0 Å². The number of fused-ring (bicyclic) bond motifs is 5. The first kappa shape index (κ1) is 20.8. The van der Waals surface area contributed by atoms with Crippen molar-refractivity contribution in [2.45, 2.75) is 12.3 Å². The Hall–Kier alpha value is -4.52. The van der Waals surface area contributed by atoms with Crippen LogP contribution in [0.5, 0.6) is 28.7 Å². The summed E-state index contributed by atoms with van der Waals surface area (Å²) in [5.74, 6) is 2.26. The molecule has 3 aromatic carbocycles. The zero-order valence-corrected chi connectivity index (χ0v) is 19.1. The quantitative estimate of drug-likeness (QED) is 0.292. The summed E-state index contributed by atoms with van der Waals surface area (Å²) in [6.45, 7) is 1.32. The van der Waals surface area contributed by atoms with E-state index in [1.807, 2.05) is 48.5 Å². The molecule has 36 heavy (non-hydrogen) atoms. The number of allylic oxidation sites excluding steroid dienone is 1. The third-order valence-electron chi connectivity index (χ3n) is 6.75. The first-order chi connectivity index (χ1) is 17.6. The number of carbonyl (C=O) groups excluding carboxylic acids is 2. The van der Waals surface area contributed by atoms with Gasteiger partial charge in [-0.2, -0.15) is 0 Å². The SMILES string of the molecule is O=C1CC(C2=Cc3ccccc3OC2)c2c(ccc3c2O/C(=C\c2ccc4c(c2)OCCO4)C3=O)O1. The zero-order valence-electron chi connectivity index (χ0n) is 19.1. The lowest BCUT2D eigenvalue weighted by Crippen LogP contribution is -2.24. The highest BCUT2D eigenvalue weighted by atomic mass is 16.6. The van der Waals surface area contributed by atoms with Crippen molar-refractivity contribution < 1.29 is 33.3 Å². The van der Waals surface area contributed by atoms with Gasteiger partial charge in [-0.25, -0.2) is 0 Å². The third-order valence-corrected chi connectivity index (χ3v) is 6.75. The molecule has 0 spiro atoms. The number of hydrogen-bond donors (Lipinski definition) is 0. The lowest BCUT2D eigenvalue weighted by atomic mass is 9.83. The van der Waals surface area contributed by atoms with E-state index in [-0.39, 0.29) is 29.9 Å². The Bertz CT molecular complexity index is 1510. The van der Waals surface area contributed by atoms with Gasteiger partial charge < -0.3 is 23.7 Å². The van der Waals surface area contributed by atoms with Crippen molar-refractivity contribution in [1.82, 2.24) is 0 Å². The van der Waals surface area contributed by atoms with Gasteiger partial charge in [-0.15, -0.1) is 0 Å². The van der Waals surface area contributed by atoms with Crippen molar-refractivity contribution in [3.63, 3.8) is 0 Å². The van der Waals surface area contributed by atoms with Gasteiger partial charge in [-0.05, 0) is 53.6 Å². The fourth-order valence-electron chi connectivity index (χ4n) is 5.06. The molecule has 0 aliphatic carbocycles. The van der Waals surface area contributed by atoms with E-state index in [1.165, 1.54) is 0 Å². The predicted octanol–water partition coefficient (Wildman–Crippen LogP) is 4.94. The molecule has 1 unspecified atom stereocenters. The maximum Gasteiger partial charge on any atom is 0.312 e. The van der Waals surface area contributed by atoms with Crippen LogP contribution in [-0.4, -0.2) is 31.6 Å². The van der Waals surface area contributed by atoms with Crippen LogP contribution >= 0.6 is 0 Å². The molecule has 3 aromatic rings. The fraction of sp³-hybridized carbons (Fsp3) is 0.172. The highest BCUT2D eigenvalue weighted by Gasteiger charge is 2.39. The Morgan fingerprint density at radius 1 is 0.806 bits per heavy atom. The fourth-order valence-corrected chi connectivity index (χ4v) is 5.06. The zero-order chi connectivity index (χ0) is 24.2. The number of benzene rings is 3. The summed E-state index contributed by atoms with van der Waals surface area (Å²) in [5.41, 5.74) is 3.77. The maximum atomic E-state index is 13.3. The summed E-state index contributed by atoms with van der Waals surface area (Å²) in [7, 11) is 0. The van der Waals surface area contributed by atoms with Crippen LogP contribution in [0.2, 0.25) is 0 Å². The number of carbonyl (C=O) groups is 2. The predicted molar refractivity (Wildman–Crippen MR) is 130 cm³/mol. The van der Waals surface area contributed by atoms with Gasteiger partial charge in [0.2, 0.25) is 5.78 Å². The summed E-state index contributed by atoms with van der Waals surface area (Å²) in [4.78, 5) is 25.8. The smallest absolute Gasteiger partial charge is 0.312 e. The molecule has 0 amide bonds. The van der Waals surface area contributed by atoms with E-state index >= 15 is 0 Å². The van der Waals surface area contributed by atoms with Crippen molar-refractivity contribution in [3.05, 3.63) is 88.2 Å². The summed E-state index contributed by atoms with van der Waals surface area (Å²) >= 11 is 0. The normalized spacial score (nSPS) is 20.4. The van der Waals surface area contributed by atoms with Crippen molar-refractivity contribution >= 4 is 23.9 Å². The molecule has 7 nitrogen and oxygen atoms in total. The Kier molecular flexibility index (Phi) is 4.64. The number of ether oxygens (including phenoxy) is 5. The molecule has 4 heterocycles. The van der Waals surface area contributed by atoms with Crippen LogP contribution in [0.4, 0.5) is 0 Å². The molecule has 7 rings (SSSR count). The molecular weight excluding hydrogens is 460 g/mol. The van der Waals surface area contributed by atoms with Gasteiger partial charge in [-0.3, -0.25) is 9.59 Å². The second kappa shape index (κ2) is 8.02. The summed E-state index contributed by atoms with van der Waals surface area (Å²) in [6, 6.07) is 16.6. The summed E-state index contributed by atoms with van der Waals surface area (Å²) in [6.07, 6.45) is 3.88. The molecule has 0 bridgehead atoms. The van der Waals surface area contributed by atoms with E-state index in [4.69, 9.17) is 23.7 Å².